The molecule has 0 bridgehead atoms. The Bertz CT molecular complexity index is 790. The van der Waals surface area contributed by atoms with Gasteiger partial charge in [-0.1, -0.05) is 0 Å². The number of hydrogen-bond donors (Lipinski definition) is 4. The molecule has 0 atom stereocenters. The molecule has 0 aliphatic carbocycles. The number of hydrogen-bond acceptors (Lipinski definition) is 7. The standard InChI is InChI=1S/C16H17N5O4/c17-14-4-3-13(22)9-11(14)1-6-16(23)19-8-7-18-15-5-2-12(10-20-15)21(24)25/h1-6,9-10,22H,7-8,17H2,(H,18,20)(H,19,23)/b6-1+. The van der Waals surface area contributed by atoms with Crippen molar-refractivity contribution in [1.82, 2.24) is 10.3 Å². The molecular weight excluding hydrogens is 326 g/mol. The quantitative estimate of drug-likeness (QED) is 0.149. The maximum Gasteiger partial charge on any atom is 0.287 e. The zero-order valence-corrected chi connectivity index (χ0v) is 13.2. The van der Waals surface area contributed by atoms with Gasteiger partial charge in [0.15, 0.2) is 0 Å². The van der Waals surface area contributed by atoms with Crippen LogP contribution in [0.1, 0.15) is 5.56 Å². The van der Waals surface area contributed by atoms with Crippen LogP contribution in [-0.4, -0.2) is 34.0 Å². The van der Waals surface area contributed by atoms with Gasteiger partial charge in [0.2, 0.25) is 5.91 Å². The van der Waals surface area contributed by atoms with Crippen molar-refractivity contribution in [2.75, 3.05) is 24.1 Å². The average molecular weight is 343 g/mol. The van der Waals surface area contributed by atoms with Crippen molar-refractivity contribution in [1.29, 1.82) is 0 Å². The van der Waals surface area contributed by atoms with Gasteiger partial charge in [-0.25, -0.2) is 4.98 Å². The van der Waals surface area contributed by atoms with Crippen molar-refractivity contribution in [2.24, 2.45) is 0 Å². The monoisotopic (exact) mass is 343 g/mol. The number of aromatic nitrogens is 1. The fourth-order valence-corrected chi connectivity index (χ4v) is 1.91. The lowest BCUT2D eigenvalue weighted by molar-refractivity contribution is -0.385. The van der Waals surface area contributed by atoms with E-state index in [1.165, 1.54) is 36.4 Å². The molecule has 0 aliphatic heterocycles. The topological polar surface area (TPSA) is 143 Å². The van der Waals surface area contributed by atoms with E-state index >= 15 is 0 Å². The number of nitrogens with two attached hydrogens (primary N) is 1. The molecule has 1 heterocycles. The van der Waals surface area contributed by atoms with E-state index in [2.05, 4.69) is 15.6 Å². The molecule has 0 fully saturated rings. The van der Waals surface area contributed by atoms with Gasteiger partial charge in [0, 0.05) is 36.5 Å². The average Bonchev–Trinajstić information content (AvgIpc) is 2.60. The molecular formula is C16H17N5O4. The van der Waals surface area contributed by atoms with E-state index in [1.54, 1.807) is 6.07 Å². The molecule has 0 saturated heterocycles. The first-order chi connectivity index (χ1) is 12.0. The van der Waals surface area contributed by atoms with Crippen LogP contribution in [0.25, 0.3) is 6.08 Å². The Labute approximate surface area is 143 Å². The van der Waals surface area contributed by atoms with Crippen molar-refractivity contribution < 1.29 is 14.8 Å². The summed E-state index contributed by atoms with van der Waals surface area (Å²) in [5.74, 6) is 0.221. The molecule has 0 radical (unpaired) electrons. The van der Waals surface area contributed by atoms with Crippen LogP contribution in [0.15, 0.2) is 42.6 Å². The van der Waals surface area contributed by atoms with Gasteiger partial charge < -0.3 is 21.5 Å². The zero-order chi connectivity index (χ0) is 18.2. The maximum atomic E-state index is 11.7. The Balaban J connectivity index is 1.76. The number of pyridine rings is 1. The number of nitrogens with zero attached hydrogens (tertiary/aromatic N) is 2. The van der Waals surface area contributed by atoms with E-state index < -0.39 is 4.92 Å². The first kappa shape index (κ1) is 17.7. The lowest BCUT2D eigenvalue weighted by atomic mass is 10.1. The van der Waals surface area contributed by atoms with E-state index in [4.69, 9.17) is 5.73 Å². The van der Waals surface area contributed by atoms with Gasteiger partial charge >= 0.3 is 0 Å². The highest BCUT2D eigenvalue weighted by atomic mass is 16.6. The number of rotatable bonds is 7. The van der Waals surface area contributed by atoms with E-state index in [0.717, 1.165) is 6.20 Å². The Morgan fingerprint density at radius 1 is 1.32 bits per heavy atom. The summed E-state index contributed by atoms with van der Waals surface area (Å²) in [5.41, 5.74) is 6.65. The highest BCUT2D eigenvalue weighted by molar-refractivity contribution is 5.92. The number of amides is 1. The molecule has 9 nitrogen and oxygen atoms in total. The minimum Gasteiger partial charge on any atom is -0.508 e. The molecule has 1 amide bonds. The fourth-order valence-electron chi connectivity index (χ4n) is 1.91. The molecule has 2 rings (SSSR count). The largest absolute Gasteiger partial charge is 0.508 e. The molecule has 9 heteroatoms. The van der Waals surface area contributed by atoms with Gasteiger partial charge in [-0.2, -0.15) is 0 Å². The van der Waals surface area contributed by atoms with Gasteiger partial charge in [0.25, 0.3) is 5.69 Å². The summed E-state index contributed by atoms with van der Waals surface area (Å²) >= 11 is 0. The second kappa shape index (κ2) is 8.29. The Hall–Kier alpha value is -3.62. The van der Waals surface area contributed by atoms with Crippen LogP contribution >= 0.6 is 0 Å². The van der Waals surface area contributed by atoms with Crippen LogP contribution < -0.4 is 16.4 Å². The summed E-state index contributed by atoms with van der Waals surface area (Å²) in [4.78, 5) is 25.6. The number of anilines is 2. The molecule has 25 heavy (non-hydrogen) atoms. The van der Waals surface area contributed by atoms with Crippen LogP contribution in [0.5, 0.6) is 5.75 Å². The van der Waals surface area contributed by atoms with Crippen molar-refractivity contribution in [3.05, 3.63) is 58.3 Å². The third-order valence-corrected chi connectivity index (χ3v) is 3.17. The van der Waals surface area contributed by atoms with Crippen molar-refractivity contribution in [3.8, 4) is 5.75 Å². The molecule has 2 aromatic rings. The number of carbonyl (C=O) groups excluding carboxylic acids is 1. The van der Waals surface area contributed by atoms with Crippen molar-refractivity contribution in [3.63, 3.8) is 0 Å². The predicted molar refractivity (Wildman–Crippen MR) is 93.9 cm³/mol. The van der Waals surface area contributed by atoms with Crippen LogP contribution in [0, 0.1) is 10.1 Å². The minimum atomic E-state index is -0.525. The molecule has 0 unspecified atom stereocenters. The minimum absolute atomic E-state index is 0.0639. The van der Waals surface area contributed by atoms with Crippen LogP contribution in [0.3, 0.4) is 0 Å². The second-order valence-corrected chi connectivity index (χ2v) is 5.02. The number of aromatic hydroxyl groups is 1. The molecule has 1 aromatic carbocycles. The maximum absolute atomic E-state index is 11.7. The fraction of sp³-hybridized carbons (Fsp3) is 0.125. The lowest BCUT2D eigenvalue weighted by Gasteiger charge is -2.06. The number of nitro groups is 1. The first-order valence-electron chi connectivity index (χ1n) is 7.34. The molecule has 1 aromatic heterocycles. The summed E-state index contributed by atoms with van der Waals surface area (Å²) in [7, 11) is 0. The Morgan fingerprint density at radius 2 is 2.12 bits per heavy atom. The van der Waals surface area contributed by atoms with Crippen LogP contribution in [-0.2, 0) is 4.79 Å². The van der Waals surface area contributed by atoms with E-state index in [-0.39, 0.29) is 17.3 Å². The molecule has 0 saturated carbocycles. The molecule has 0 aliphatic rings. The number of benzene rings is 1. The molecule has 0 spiro atoms. The van der Waals surface area contributed by atoms with Crippen molar-refractivity contribution >= 4 is 29.2 Å². The summed E-state index contributed by atoms with van der Waals surface area (Å²) < 4.78 is 0. The summed E-state index contributed by atoms with van der Waals surface area (Å²) in [6.45, 7) is 0.732. The number of nitrogen functional groups attached to an aromatic ring is 1. The Kier molecular flexibility index (Phi) is 5.88. The number of nitrogens with one attached hydrogen (secondary N) is 2. The SMILES string of the molecule is Nc1ccc(O)cc1/C=C/C(=O)NCCNc1ccc([N+](=O)[O-])cn1. The highest BCUT2D eigenvalue weighted by Gasteiger charge is 2.04. The Morgan fingerprint density at radius 3 is 2.80 bits per heavy atom. The number of phenolic OH excluding ortho intramolecular Hbond substituents is 1. The van der Waals surface area contributed by atoms with Gasteiger partial charge in [-0.05, 0) is 30.3 Å². The number of carbonyl (C=O) groups is 1. The van der Waals surface area contributed by atoms with E-state index in [1.807, 2.05) is 0 Å². The third kappa shape index (κ3) is 5.50. The molecule has 5 N–H and O–H groups in total. The predicted octanol–water partition coefficient (Wildman–Crippen LogP) is 1.52. The zero-order valence-electron chi connectivity index (χ0n) is 13.2. The van der Waals surface area contributed by atoms with E-state index in [9.17, 15) is 20.0 Å². The van der Waals surface area contributed by atoms with E-state index in [0.29, 0.717) is 30.2 Å². The summed E-state index contributed by atoms with van der Waals surface area (Å²) in [5, 5.41) is 25.5. The van der Waals surface area contributed by atoms with Gasteiger partial charge in [-0.3, -0.25) is 14.9 Å². The number of phenols is 1. The second-order valence-electron chi connectivity index (χ2n) is 5.02. The van der Waals surface area contributed by atoms with Crippen LogP contribution in [0.2, 0.25) is 0 Å². The van der Waals surface area contributed by atoms with Crippen LogP contribution in [0.4, 0.5) is 17.2 Å². The van der Waals surface area contributed by atoms with Gasteiger partial charge in [0.1, 0.15) is 17.8 Å². The first-order valence-corrected chi connectivity index (χ1v) is 7.34. The third-order valence-electron chi connectivity index (χ3n) is 3.17. The smallest absolute Gasteiger partial charge is 0.287 e. The summed E-state index contributed by atoms with van der Waals surface area (Å²) in [6.07, 6.45) is 3.98. The normalized spacial score (nSPS) is 10.6. The summed E-state index contributed by atoms with van der Waals surface area (Å²) in [6, 6.07) is 7.31. The van der Waals surface area contributed by atoms with Crippen molar-refractivity contribution in [2.45, 2.75) is 0 Å². The molecule has 130 valence electrons. The lowest BCUT2D eigenvalue weighted by Crippen LogP contribution is -2.27. The van der Waals surface area contributed by atoms with Gasteiger partial charge in [-0.15, -0.1) is 0 Å². The van der Waals surface area contributed by atoms with Gasteiger partial charge in [0.05, 0.1) is 4.92 Å². The highest BCUT2D eigenvalue weighted by Crippen LogP contribution is 2.19.